The molecule has 0 aliphatic heterocycles. The lowest BCUT2D eigenvalue weighted by Crippen LogP contribution is -1.89. The van der Waals surface area contributed by atoms with Gasteiger partial charge in [0.15, 0.2) is 0 Å². The van der Waals surface area contributed by atoms with Gasteiger partial charge in [-0.05, 0) is 190 Å². The average molecular weight is 1380 g/mol. The summed E-state index contributed by atoms with van der Waals surface area (Å²) in [5.41, 5.74) is 41.8. The fourth-order valence-electron chi connectivity index (χ4n) is 10.6. The van der Waals surface area contributed by atoms with Crippen LogP contribution in [0.2, 0.25) is 0 Å². The molecule has 0 unspecified atom stereocenters. The number of fused-ring (bicyclic) bond motifs is 4. The molecule has 0 aliphatic carbocycles. The van der Waals surface area contributed by atoms with Crippen molar-refractivity contribution in [3.05, 3.63) is 255 Å². The second-order valence-corrected chi connectivity index (χ2v) is 27.1. The molecule has 10 N–H and O–H groups in total. The van der Waals surface area contributed by atoms with Crippen molar-refractivity contribution in [2.45, 2.75) is 17.2 Å². The second-order valence-electron chi connectivity index (χ2n) is 22.0. The molecular weight excluding hydrogens is 1320 g/mol. The van der Waals surface area contributed by atoms with Crippen molar-refractivity contribution in [2.75, 3.05) is 37.2 Å². The minimum absolute atomic E-state index is 0. The first kappa shape index (κ1) is 66.3. The van der Waals surface area contributed by atoms with Gasteiger partial charge in [-0.2, -0.15) is 0 Å². The largest absolute Gasteiger partial charge is 0.507 e. The number of hydrogen-bond donors (Lipinski definition) is 8. The molecule has 97 heavy (non-hydrogen) atoms. The van der Waals surface area contributed by atoms with Crippen molar-refractivity contribution in [3.63, 3.8) is 0 Å². The van der Waals surface area contributed by atoms with Gasteiger partial charge in [0.25, 0.3) is 0 Å². The van der Waals surface area contributed by atoms with E-state index in [1.807, 2.05) is 170 Å². The number of rotatable bonds is 10. The molecule has 0 saturated heterocycles. The first-order valence-electron chi connectivity index (χ1n) is 30.1. The molecule has 0 amide bonds. The van der Waals surface area contributed by atoms with Gasteiger partial charge in [0, 0.05) is 32.5 Å². The Kier molecular flexibility index (Phi) is 20.2. The number of nitrogens with zero attached hydrogens (tertiary/aromatic N) is 4. The van der Waals surface area contributed by atoms with Crippen molar-refractivity contribution in [2.24, 2.45) is 0 Å². The Morgan fingerprint density at radius 2 is 0.567 bits per heavy atom. The van der Waals surface area contributed by atoms with Gasteiger partial charge in [0.05, 0.1) is 77.3 Å². The monoisotopic (exact) mass is 1380 g/mol. The van der Waals surface area contributed by atoms with Crippen LogP contribution in [-0.4, -0.2) is 44.4 Å². The molecule has 12 nitrogen and oxygen atoms in total. The summed E-state index contributed by atoms with van der Waals surface area (Å²) in [6.45, 7) is 0. The van der Waals surface area contributed by atoms with Crippen LogP contribution in [0.4, 0.5) is 22.7 Å². The normalized spacial score (nSPS) is 10.8. The Hall–Kier alpha value is -10.7. The molecule has 0 aliphatic rings. The summed E-state index contributed by atoms with van der Waals surface area (Å²) in [4.78, 5) is 20.6. The van der Waals surface area contributed by atoms with Crippen molar-refractivity contribution in [1.29, 1.82) is 0 Å². The fraction of sp³-hybridized carbons (Fsp3) is 0.0380. The van der Waals surface area contributed by atoms with E-state index in [4.69, 9.17) is 52.3 Å². The number of aromatic hydroxyl groups is 2. The maximum atomic E-state index is 10.2. The molecule has 0 bridgehead atoms. The summed E-state index contributed by atoms with van der Waals surface area (Å²) in [7, 11) is 3.39. The third kappa shape index (κ3) is 14.9. The van der Waals surface area contributed by atoms with Crippen LogP contribution in [-0.2, 0) is 0 Å². The number of phenolic OH excluding ortho intramolecular Hbond substituents is 2. The number of nitrogens with two attached hydrogens (primary N) is 4. The number of methoxy groups -OCH3 is 2. The number of hydrogen-bond acceptors (Lipinski definition) is 18. The van der Waals surface area contributed by atoms with E-state index in [-0.39, 0.29) is 18.9 Å². The minimum Gasteiger partial charge on any atom is -0.507 e. The zero-order valence-corrected chi connectivity index (χ0v) is 56.6. The number of anilines is 4. The van der Waals surface area contributed by atoms with E-state index in [0.29, 0.717) is 11.4 Å². The van der Waals surface area contributed by atoms with Gasteiger partial charge in [-0.1, -0.05) is 117 Å². The van der Waals surface area contributed by atoms with Gasteiger partial charge < -0.3 is 42.6 Å². The first-order valence-corrected chi connectivity index (χ1v) is 34.2. The van der Waals surface area contributed by atoms with E-state index in [1.165, 1.54) is 0 Å². The lowest BCUT2D eigenvalue weighted by molar-refractivity contribution is 0.416. The van der Waals surface area contributed by atoms with E-state index in [1.54, 1.807) is 71.7 Å². The van der Waals surface area contributed by atoms with E-state index in [2.05, 4.69) is 98.1 Å². The summed E-state index contributed by atoms with van der Waals surface area (Å²) in [6, 6.07) is 83.0. The average Bonchev–Trinajstić information content (AvgIpc) is 1.66. The van der Waals surface area contributed by atoms with Gasteiger partial charge in [-0.15, -0.1) is 70.6 Å². The highest BCUT2D eigenvalue weighted by Gasteiger charge is 2.17. The van der Waals surface area contributed by atoms with Crippen LogP contribution >= 0.6 is 70.6 Å². The van der Waals surface area contributed by atoms with E-state index < -0.39 is 0 Å². The van der Waals surface area contributed by atoms with Crippen LogP contribution in [0.1, 0.15) is 7.43 Å². The van der Waals surface area contributed by atoms with Crippen LogP contribution < -0.4 is 32.4 Å². The van der Waals surface area contributed by atoms with Crippen molar-refractivity contribution in [1.82, 2.24) is 19.9 Å². The van der Waals surface area contributed by atoms with Crippen molar-refractivity contribution >= 4 is 134 Å². The molecule has 0 spiro atoms. The minimum atomic E-state index is 0. The number of nitrogen functional groups attached to an aromatic ring is 4. The molecule has 0 fully saturated rings. The molecule has 0 saturated carbocycles. The number of aromatic nitrogens is 4. The summed E-state index contributed by atoms with van der Waals surface area (Å²) in [5, 5.41) is 23.9. The Morgan fingerprint density at radius 3 is 0.866 bits per heavy atom. The third-order valence-corrected chi connectivity index (χ3v) is 20.7. The van der Waals surface area contributed by atoms with Crippen LogP contribution in [0, 0.1) is 0 Å². The quantitative estimate of drug-likeness (QED) is 0.0474. The highest BCUT2D eigenvalue weighted by Crippen LogP contribution is 2.43. The predicted molar refractivity (Wildman–Crippen MR) is 417 cm³/mol. The maximum absolute atomic E-state index is 10.2. The van der Waals surface area contributed by atoms with Gasteiger partial charge in [0.2, 0.25) is 0 Å². The summed E-state index contributed by atoms with van der Waals surface area (Å²) in [6.07, 6.45) is 0. The zero-order valence-electron chi connectivity index (χ0n) is 51.6. The highest BCUT2D eigenvalue weighted by molar-refractivity contribution is 7.80. The Balaban J connectivity index is 0.000000131. The number of benzene rings is 12. The lowest BCUT2D eigenvalue weighted by Gasteiger charge is -2.07. The van der Waals surface area contributed by atoms with Crippen LogP contribution in [0.5, 0.6) is 23.0 Å². The number of ether oxygens (including phenoxy) is 2. The summed E-state index contributed by atoms with van der Waals surface area (Å²) < 4.78 is 15.5. The van der Waals surface area contributed by atoms with Crippen LogP contribution in [0.3, 0.4) is 0 Å². The van der Waals surface area contributed by atoms with E-state index in [9.17, 15) is 10.2 Å². The highest BCUT2D eigenvalue weighted by atomic mass is 32.1. The molecule has 12 aromatic carbocycles. The Morgan fingerprint density at radius 1 is 0.309 bits per heavy atom. The molecule has 18 heteroatoms. The molecule has 0 atom stereocenters. The fourth-order valence-corrected chi connectivity index (χ4v) is 15.2. The number of thiazole rings is 4. The molecule has 16 rings (SSSR count). The van der Waals surface area contributed by atoms with Gasteiger partial charge in [-0.3, -0.25) is 0 Å². The Labute approximate surface area is 588 Å². The maximum Gasteiger partial charge on any atom is 0.129 e. The SMILES string of the molecule is C.COc1ccccc1-c1nc2ccc(-c3ccc4nc(-c5ccccc5OC)sc4c3)cc2s1.Nc1ccc(-c2ccc(N)c(S)c2)cc1S.Nc1ccc(-c2ccc(N)cc2)cc1.Oc1ccccc1-c1nc2ccc(-c3ccc4nc(-c5ccccc5O)sc4c3)cc2s1. The predicted octanol–water partition coefficient (Wildman–Crippen LogP) is 21.5. The first-order chi connectivity index (χ1) is 46.7. The number of para-hydroxylation sites is 4. The van der Waals surface area contributed by atoms with Crippen LogP contribution in [0.25, 0.3) is 128 Å². The van der Waals surface area contributed by atoms with E-state index in [0.717, 1.165) is 160 Å². The molecule has 4 heterocycles. The van der Waals surface area contributed by atoms with Gasteiger partial charge in [0.1, 0.15) is 43.0 Å². The summed E-state index contributed by atoms with van der Waals surface area (Å²) >= 11 is 15.1. The molecule has 0 radical (unpaired) electrons. The molecule has 4 aromatic heterocycles. The van der Waals surface area contributed by atoms with Crippen molar-refractivity contribution in [3.8, 4) is 110 Å². The topological polar surface area (TPSA) is 215 Å². The Bertz CT molecular complexity index is 5140. The molecule has 480 valence electrons. The lowest BCUT2D eigenvalue weighted by atomic mass is 10.1. The zero-order chi connectivity index (χ0) is 66.4. The van der Waals surface area contributed by atoms with Crippen molar-refractivity contribution < 1.29 is 19.7 Å². The van der Waals surface area contributed by atoms with Gasteiger partial charge in [-0.25, -0.2) is 19.9 Å². The molecular formula is C79H64N8O4S6. The third-order valence-electron chi connectivity index (χ3n) is 15.7. The second kappa shape index (κ2) is 29.5. The summed E-state index contributed by atoms with van der Waals surface area (Å²) in [5.74, 6) is 2.15. The molecule has 16 aromatic rings. The standard InChI is InChI=1S/C28H20N2O2S2.C26H16N2O2S2.C12H12N2S2.C12H12N2.CH4/c1-31-23-9-5-3-7-19(23)27-29-21-13-11-17(15-25(21)33-27)18-12-14-22-26(16-18)34-28(30-22)20-8-4-6-10-24(20)32-2;29-21-7-3-1-5-17(21)25-27-19-11-9-15(13-23(19)31-25)16-10-12-20-24(14-16)32-26(28-20)18-6-2-4-8-22(18)30;13-9-3-1-7(5-11(9)15)8-2-4-10(14)12(16)6-8;13-11-5-1-9(2-6-11)10-3-7-12(14)8-4-10;/h3-16H,1-2H3;1-14,29-30H;1-6,15-16H,13-14H2;1-8H,13-14H2;1H4. The smallest absolute Gasteiger partial charge is 0.129 e. The van der Waals surface area contributed by atoms with E-state index >= 15 is 0 Å². The number of thiol groups is 2. The number of phenols is 2. The van der Waals surface area contributed by atoms with Gasteiger partial charge >= 0.3 is 0 Å². The van der Waals surface area contributed by atoms with Crippen LogP contribution in [0.15, 0.2) is 265 Å².